The second kappa shape index (κ2) is 8.37. The van der Waals surface area contributed by atoms with Crippen molar-refractivity contribution >= 4 is 12.1 Å². The quantitative estimate of drug-likeness (QED) is 0.739. The third-order valence-corrected chi connectivity index (χ3v) is 5.61. The summed E-state index contributed by atoms with van der Waals surface area (Å²) in [5, 5.41) is 0. The molecule has 1 atom stereocenters. The Hall–Kier alpha value is -1.51. The zero-order chi connectivity index (χ0) is 15.9. The molecule has 3 nitrogen and oxygen atoms in total. The summed E-state index contributed by atoms with van der Waals surface area (Å²) in [7, 11) is 0. The SMILES string of the molecule is O=CN(CCC1CCCN(c2ccccc2)C1)C1CCCCC1. The molecule has 1 heterocycles. The van der Waals surface area contributed by atoms with Crippen molar-refractivity contribution in [1.29, 1.82) is 0 Å². The molecule has 1 amide bonds. The van der Waals surface area contributed by atoms with Crippen molar-refractivity contribution in [2.45, 2.75) is 57.4 Å². The molecule has 0 bridgehead atoms. The summed E-state index contributed by atoms with van der Waals surface area (Å²) in [6.45, 7) is 3.25. The van der Waals surface area contributed by atoms with Crippen LogP contribution in [0.5, 0.6) is 0 Å². The minimum atomic E-state index is 0.509. The van der Waals surface area contributed by atoms with E-state index in [9.17, 15) is 4.79 Å². The molecular formula is C20H30N2O. The first kappa shape index (κ1) is 16.4. The minimum absolute atomic E-state index is 0.509. The highest BCUT2D eigenvalue weighted by Gasteiger charge is 2.23. The summed E-state index contributed by atoms with van der Waals surface area (Å²) in [6.07, 6.45) is 11.2. The van der Waals surface area contributed by atoms with Crippen LogP contribution in [-0.2, 0) is 4.79 Å². The van der Waals surface area contributed by atoms with E-state index in [2.05, 4.69) is 40.1 Å². The predicted octanol–water partition coefficient (Wildman–Crippen LogP) is 4.08. The van der Waals surface area contributed by atoms with Gasteiger partial charge >= 0.3 is 0 Å². The number of para-hydroxylation sites is 1. The van der Waals surface area contributed by atoms with Gasteiger partial charge in [0.15, 0.2) is 0 Å². The van der Waals surface area contributed by atoms with E-state index in [1.807, 2.05) is 0 Å². The second-order valence-corrected chi connectivity index (χ2v) is 7.21. The number of piperidine rings is 1. The van der Waals surface area contributed by atoms with Crippen LogP contribution in [0.3, 0.4) is 0 Å². The molecule has 0 radical (unpaired) electrons. The van der Waals surface area contributed by atoms with Crippen LogP contribution < -0.4 is 4.90 Å². The zero-order valence-corrected chi connectivity index (χ0v) is 14.2. The maximum absolute atomic E-state index is 11.5. The Morgan fingerprint density at radius 3 is 2.57 bits per heavy atom. The lowest BCUT2D eigenvalue weighted by atomic mass is 9.92. The molecule has 1 aliphatic heterocycles. The molecule has 2 aliphatic rings. The van der Waals surface area contributed by atoms with Crippen LogP contribution in [0.25, 0.3) is 0 Å². The third-order valence-electron chi connectivity index (χ3n) is 5.61. The second-order valence-electron chi connectivity index (χ2n) is 7.21. The average molecular weight is 314 g/mol. The Bertz CT molecular complexity index is 470. The summed E-state index contributed by atoms with van der Waals surface area (Å²) in [5.74, 6) is 0.718. The van der Waals surface area contributed by atoms with E-state index < -0.39 is 0 Å². The number of rotatable bonds is 6. The Labute approximate surface area is 140 Å². The lowest BCUT2D eigenvalue weighted by Gasteiger charge is -2.36. The van der Waals surface area contributed by atoms with Crippen LogP contribution in [0.15, 0.2) is 30.3 Å². The van der Waals surface area contributed by atoms with E-state index in [4.69, 9.17) is 0 Å². The summed E-state index contributed by atoms with van der Waals surface area (Å²) >= 11 is 0. The predicted molar refractivity (Wildman–Crippen MR) is 95.6 cm³/mol. The molecule has 1 aromatic carbocycles. The number of hydrogen-bond donors (Lipinski definition) is 0. The monoisotopic (exact) mass is 314 g/mol. The molecule has 1 unspecified atom stereocenters. The number of carbonyl (C=O) groups is 1. The highest BCUT2D eigenvalue weighted by molar-refractivity contribution is 5.48. The smallest absolute Gasteiger partial charge is 0.209 e. The van der Waals surface area contributed by atoms with Gasteiger partial charge in [-0.1, -0.05) is 37.5 Å². The van der Waals surface area contributed by atoms with Crippen LogP contribution in [-0.4, -0.2) is 37.0 Å². The topological polar surface area (TPSA) is 23.6 Å². The van der Waals surface area contributed by atoms with E-state index in [0.717, 1.165) is 31.8 Å². The van der Waals surface area contributed by atoms with Gasteiger partial charge in [-0.25, -0.2) is 0 Å². The lowest BCUT2D eigenvalue weighted by Crippen LogP contribution is -2.40. The zero-order valence-electron chi connectivity index (χ0n) is 14.2. The number of anilines is 1. The number of carbonyl (C=O) groups excluding carboxylic acids is 1. The highest BCUT2D eigenvalue weighted by Crippen LogP contribution is 2.26. The van der Waals surface area contributed by atoms with Gasteiger partial charge < -0.3 is 9.80 Å². The molecule has 3 rings (SSSR count). The highest BCUT2D eigenvalue weighted by atomic mass is 16.1. The fourth-order valence-corrected chi connectivity index (χ4v) is 4.24. The lowest BCUT2D eigenvalue weighted by molar-refractivity contribution is -0.121. The first-order valence-corrected chi connectivity index (χ1v) is 9.38. The van der Waals surface area contributed by atoms with Gasteiger partial charge in [-0.3, -0.25) is 4.79 Å². The molecule has 0 N–H and O–H groups in total. The molecule has 0 spiro atoms. The van der Waals surface area contributed by atoms with Crippen molar-refractivity contribution in [2.75, 3.05) is 24.5 Å². The Balaban J connectivity index is 1.50. The first-order chi connectivity index (χ1) is 11.4. The molecule has 1 saturated carbocycles. The van der Waals surface area contributed by atoms with Crippen molar-refractivity contribution in [3.05, 3.63) is 30.3 Å². The number of benzene rings is 1. The van der Waals surface area contributed by atoms with E-state index in [1.165, 1.54) is 57.2 Å². The van der Waals surface area contributed by atoms with Gasteiger partial charge in [0.05, 0.1) is 0 Å². The molecule has 2 fully saturated rings. The Kier molecular flexibility index (Phi) is 5.95. The summed E-state index contributed by atoms with van der Waals surface area (Å²) in [5.41, 5.74) is 1.34. The van der Waals surface area contributed by atoms with Gasteiger partial charge in [0.2, 0.25) is 6.41 Å². The van der Waals surface area contributed by atoms with E-state index >= 15 is 0 Å². The van der Waals surface area contributed by atoms with Gasteiger partial charge in [0.1, 0.15) is 0 Å². The van der Waals surface area contributed by atoms with E-state index in [-0.39, 0.29) is 0 Å². The summed E-state index contributed by atoms with van der Waals surface area (Å²) in [4.78, 5) is 16.1. The minimum Gasteiger partial charge on any atom is -0.371 e. The number of nitrogens with zero attached hydrogens (tertiary/aromatic N) is 2. The van der Waals surface area contributed by atoms with Crippen molar-refractivity contribution in [1.82, 2.24) is 4.90 Å². The molecule has 1 aromatic rings. The van der Waals surface area contributed by atoms with Gasteiger partial charge in [0, 0.05) is 31.4 Å². The average Bonchev–Trinajstić information content (AvgIpc) is 2.64. The van der Waals surface area contributed by atoms with E-state index in [1.54, 1.807) is 0 Å². The number of amides is 1. The van der Waals surface area contributed by atoms with Gasteiger partial charge in [0.25, 0.3) is 0 Å². The van der Waals surface area contributed by atoms with E-state index in [0.29, 0.717) is 6.04 Å². The fraction of sp³-hybridized carbons (Fsp3) is 0.650. The first-order valence-electron chi connectivity index (χ1n) is 9.38. The molecule has 23 heavy (non-hydrogen) atoms. The normalized spacial score (nSPS) is 22.8. The van der Waals surface area contributed by atoms with Gasteiger partial charge in [-0.2, -0.15) is 0 Å². The van der Waals surface area contributed by atoms with Gasteiger partial charge in [-0.15, -0.1) is 0 Å². The molecule has 1 aliphatic carbocycles. The largest absolute Gasteiger partial charge is 0.371 e. The molecule has 3 heteroatoms. The van der Waals surface area contributed by atoms with Crippen molar-refractivity contribution in [3.8, 4) is 0 Å². The van der Waals surface area contributed by atoms with Crippen molar-refractivity contribution < 1.29 is 4.79 Å². The van der Waals surface area contributed by atoms with Crippen LogP contribution in [0.2, 0.25) is 0 Å². The molecule has 0 aromatic heterocycles. The summed E-state index contributed by atoms with van der Waals surface area (Å²) < 4.78 is 0. The molecule has 1 saturated heterocycles. The maximum atomic E-state index is 11.5. The fourth-order valence-electron chi connectivity index (χ4n) is 4.24. The maximum Gasteiger partial charge on any atom is 0.209 e. The van der Waals surface area contributed by atoms with Crippen molar-refractivity contribution in [3.63, 3.8) is 0 Å². The van der Waals surface area contributed by atoms with Crippen LogP contribution in [0.4, 0.5) is 5.69 Å². The van der Waals surface area contributed by atoms with Crippen LogP contribution in [0, 0.1) is 5.92 Å². The Morgan fingerprint density at radius 2 is 1.83 bits per heavy atom. The third kappa shape index (κ3) is 4.49. The van der Waals surface area contributed by atoms with Crippen LogP contribution in [0.1, 0.15) is 51.4 Å². The molecule has 126 valence electrons. The van der Waals surface area contributed by atoms with Crippen molar-refractivity contribution in [2.24, 2.45) is 5.92 Å². The van der Waals surface area contributed by atoms with Crippen LogP contribution >= 0.6 is 0 Å². The number of hydrogen-bond acceptors (Lipinski definition) is 2. The Morgan fingerprint density at radius 1 is 1.04 bits per heavy atom. The summed E-state index contributed by atoms with van der Waals surface area (Å²) in [6, 6.07) is 11.3. The standard InChI is InChI=1S/C20H30N2O/c23-17-22(20-11-5-2-6-12-20)15-13-18-8-7-14-21(16-18)19-9-3-1-4-10-19/h1,3-4,9-10,17-18,20H,2,5-8,11-16H2. The molecular weight excluding hydrogens is 284 g/mol. The van der Waals surface area contributed by atoms with Gasteiger partial charge in [-0.05, 0) is 50.2 Å².